The number of para-hydroxylation sites is 1. The van der Waals surface area contributed by atoms with E-state index in [0.717, 1.165) is 11.1 Å². The summed E-state index contributed by atoms with van der Waals surface area (Å²) < 4.78 is 34.4. The summed E-state index contributed by atoms with van der Waals surface area (Å²) in [4.78, 5) is 15.9. The third kappa shape index (κ3) is 4.82. The van der Waals surface area contributed by atoms with Crippen molar-refractivity contribution in [3.05, 3.63) is 91.0 Å². The maximum absolute atomic E-state index is 13.2. The Balaban J connectivity index is 1.52. The fourth-order valence-electron chi connectivity index (χ4n) is 3.62. The average molecular weight is 476 g/mol. The lowest BCUT2D eigenvalue weighted by Gasteiger charge is -2.18. The summed E-state index contributed by atoms with van der Waals surface area (Å²) in [6, 6.07) is 26.1. The van der Waals surface area contributed by atoms with Crippen molar-refractivity contribution in [2.45, 2.75) is 4.90 Å². The molecule has 0 atom stereocenters. The second-order valence-electron chi connectivity index (χ2n) is 7.92. The van der Waals surface area contributed by atoms with E-state index in [9.17, 15) is 13.2 Å². The van der Waals surface area contributed by atoms with E-state index in [1.165, 1.54) is 4.90 Å². The second-order valence-corrected chi connectivity index (χ2v) is 9.57. The third-order valence-corrected chi connectivity index (χ3v) is 6.80. The number of carbonyl (C=O) groups is 1. The van der Waals surface area contributed by atoms with Crippen molar-refractivity contribution in [2.75, 3.05) is 35.7 Å². The first-order valence-corrected chi connectivity index (χ1v) is 12.1. The van der Waals surface area contributed by atoms with Gasteiger partial charge in [0.05, 0.1) is 4.90 Å². The molecule has 0 spiro atoms. The smallest absolute Gasteiger partial charge is 0.410 e. The summed E-state index contributed by atoms with van der Waals surface area (Å²) in [5.74, 6) is 0.302. The molecule has 0 saturated heterocycles. The van der Waals surface area contributed by atoms with Crippen molar-refractivity contribution >= 4 is 44.0 Å². The largest absolute Gasteiger partial charge is 0.419 e. The number of rotatable bonds is 6. The van der Waals surface area contributed by atoms with E-state index in [1.807, 2.05) is 55.4 Å². The molecule has 7 nitrogen and oxygen atoms in total. The van der Waals surface area contributed by atoms with E-state index in [2.05, 4.69) is 4.72 Å². The Hall–Kier alpha value is -4.04. The lowest BCUT2D eigenvalue weighted by Crippen LogP contribution is -2.29. The number of nitrogens with zero attached hydrogens (tertiary/aromatic N) is 2. The van der Waals surface area contributed by atoms with Gasteiger partial charge in [-0.1, -0.05) is 42.5 Å². The molecular formula is C26H25N3O4S. The minimum absolute atomic E-state index is 0.189. The van der Waals surface area contributed by atoms with E-state index >= 15 is 0 Å². The van der Waals surface area contributed by atoms with E-state index in [-0.39, 0.29) is 4.90 Å². The molecule has 0 radical (unpaired) electrons. The van der Waals surface area contributed by atoms with Gasteiger partial charge < -0.3 is 9.64 Å². The molecule has 0 fully saturated rings. The summed E-state index contributed by atoms with van der Waals surface area (Å²) in [5, 5.41) is 1.48. The van der Waals surface area contributed by atoms with Gasteiger partial charge in [-0.2, -0.15) is 0 Å². The number of hydrogen-bond donors (Lipinski definition) is 1. The maximum atomic E-state index is 13.2. The normalized spacial score (nSPS) is 11.1. The molecule has 0 aromatic heterocycles. The number of nitrogens with one attached hydrogen (secondary N) is 1. The molecule has 1 amide bonds. The van der Waals surface area contributed by atoms with E-state index in [4.69, 9.17) is 4.74 Å². The molecule has 4 aromatic rings. The summed E-state index contributed by atoms with van der Waals surface area (Å²) in [6.45, 7) is 0. The van der Waals surface area contributed by atoms with Gasteiger partial charge in [-0.05, 0) is 48.5 Å². The van der Waals surface area contributed by atoms with E-state index in [0.29, 0.717) is 22.5 Å². The van der Waals surface area contributed by atoms with Gasteiger partial charge >= 0.3 is 6.09 Å². The van der Waals surface area contributed by atoms with Crippen LogP contribution in [0.1, 0.15) is 0 Å². The van der Waals surface area contributed by atoms with Gasteiger partial charge in [0.2, 0.25) is 0 Å². The number of amides is 1. The molecule has 0 unspecified atom stereocenters. The van der Waals surface area contributed by atoms with Crippen molar-refractivity contribution < 1.29 is 17.9 Å². The molecule has 0 aliphatic heterocycles. The molecule has 4 aromatic carbocycles. The molecule has 8 heteroatoms. The van der Waals surface area contributed by atoms with Crippen molar-refractivity contribution in [3.63, 3.8) is 0 Å². The van der Waals surface area contributed by atoms with Gasteiger partial charge in [0, 0.05) is 49.0 Å². The first-order valence-electron chi connectivity index (χ1n) is 10.6. The Morgan fingerprint density at radius 2 is 1.41 bits per heavy atom. The number of benzene rings is 4. The fraction of sp³-hybridized carbons (Fsp3) is 0.115. The van der Waals surface area contributed by atoms with E-state index in [1.54, 1.807) is 61.6 Å². The quantitative estimate of drug-likeness (QED) is 0.407. The van der Waals surface area contributed by atoms with Gasteiger partial charge in [-0.25, -0.2) is 13.2 Å². The van der Waals surface area contributed by atoms with Crippen LogP contribution in [-0.4, -0.2) is 35.7 Å². The lowest BCUT2D eigenvalue weighted by atomic mass is 10.1. The number of fused-ring (bicyclic) bond motifs is 1. The third-order valence-electron chi connectivity index (χ3n) is 5.36. The highest BCUT2D eigenvalue weighted by Gasteiger charge is 2.19. The Kier molecular flexibility index (Phi) is 6.43. The van der Waals surface area contributed by atoms with E-state index < -0.39 is 16.1 Å². The molecule has 34 heavy (non-hydrogen) atoms. The van der Waals surface area contributed by atoms with Crippen molar-refractivity contribution in [1.82, 2.24) is 0 Å². The van der Waals surface area contributed by atoms with Gasteiger partial charge in [0.25, 0.3) is 10.0 Å². The topological polar surface area (TPSA) is 79.0 Å². The summed E-state index contributed by atoms with van der Waals surface area (Å²) in [6.07, 6.45) is -0.549. The van der Waals surface area contributed by atoms with Gasteiger partial charge in [0.15, 0.2) is 0 Å². The summed E-state index contributed by atoms with van der Waals surface area (Å²) in [5.41, 5.74) is 1.99. The highest BCUT2D eigenvalue weighted by Crippen LogP contribution is 2.31. The first-order chi connectivity index (χ1) is 16.3. The predicted octanol–water partition coefficient (Wildman–Crippen LogP) is 5.34. The average Bonchev–Trinajstić information content (AvgIpc) is 2.84. The van der Waals surface area contributed by atoms with Crippen molar-refractivity contribution in [1.29, 1.82) is 0 Å². The molecular weight excluding hydrogens is 450 g/mol. The van der Waals surface area contributed by atoms with Crippen LogP contribution in [0.5, 0.6) is 5.75 Å². The summed E-state index contributed by atoms with van der Waals surface area (Å²) in [7, 11) is 1.60. The molecule has 0 aliphatic carbocycles. The number of carbonyl (C=O) groups excluding carboxylic acids is 1. The standard InChI is InChI=1S/C26H25N3O4S/c1-28(2)24-13-7-12-23-22(24)11-8-14-25(23)34(31,32)27-19-15-17-21(18-16-19)33-26(30)29(3)20-9-5-4-6-10-20/h4-18,27H,1-3H3. The Morgan fingerprint density at radius 1 is 0.765 bits per heavy atom. The van der Waals surface area contributed by atoms with Crippen molar-refractivity contribution in [3.8, 4) is 5.75 Å². The molecule has 0 aliphatic rings. The highest BCUT2D eigenvalue weighted by atomic mass is 32.2. The Morgan fingerprint density at radius 3 is 2.09 bits per heavy atom. The number of sulfonamides is 1. The highest BCUT2D eigenvalue weighted by molar-refractivity contribution is 7.93. The summed E-state index contributed by atoms with van der Waals surface area (Å²) >= 11 is 0. The monoisotopic (exact) mass is 475 g/mol. The maximum Gasteiger partial charge on any atom is 0.419 e. The van der Waals surface area contributed by atoms with Crippen LogP contribution in [0.2, 0.25) is 0 Å². The lowest BCUT2D eigenvalue weighted by molar-refractivity contribution is 0.209. The number of hydrogen-bond acceptors (Lipinski definition) is 5. The van der Waals surface area contributed by atoms with Gasteiger partial charge in [-0.15, -0.1) is 0 Å². The minimum atomic E-state index is -3.85. The fourth-order valence-corrected chi connectivity index (χ4v) is 4.90. The van der Waals surface area contributed by atoms with Gasteiger partial charge in [-0.3, -0.25) is 9.62 Å². The van der Waals surface area contributed by atoms with Crippen LogP contribution in [0.3, 0.4) is 0 Å². The zero-order chi connectivity index (χ0) is 24.3. The van der Waals surface area contributed by atoms with Crippen LogP contribution in [0.4, 0.5) is 21.9 Å². The zero-order valence-corrected chi connectivity index (χ0v) is 19.9. The number of ether oxygens (including phenoxy) is 1. The van der Waals surface area contributed by atoms with Crippen LogP contribution >= 0.6 is 0 Å². The van der Waals surface area contributed by atoms with Crippen LogP contribution in [-0.2, 0) is 10.0 Å². The minimum Gasteiger partial charge on any atom is -0.410 e. The van der Waals surface area contributed by atoms with Crippen LogP contribution in [0, 0.1) is 0 Å². The molecule has 0 heterocycles. The second kappa shape index (κ2) is 9.44. The molecule has 0 saturated carbocycles. The molecule has 4 rings (SSSR count). The molecule has 0 bridgehead atoms. The van der Waals surface area contributed by atoms with Crippen LogP contribution in [0.15, 0.2) is 95.9 Å². The van der Waals surface area contributed by atoms with Crippen molar-refractivity contribution in [2.24, 2.45) is 0 Å². The Bertz CT molecular complexity index is 1420. The molecule has 174 valence electrons. The van der Waals surface area contributed by atoms with Crippen LogP contribution < -0.4 is 19.3 Å². The molecule has 1 N–H and O–H groups in total. The Labute approximate surface area is 199 Å². The number of anilines is 3. The van der Waals surface area contributed by atoms with Crippen LogP contribution in [0.25, 0.3) is 10.8 Å². The SMILES string of the molecule is CN(C)c1cccc2c(S(=O)(=O)Nc3ccc(OC(=O)N(C)c4ccccc4)cc3)cccc12. The van der Waals surface area contributed by atoms with Gasteiger partial charge in [0.1, 0.15) is 5.75 Å². The predicted molar refractivity (Wildman–Crippen MR) is 136 cm³/mol. The first kappa shape index (κ1) is 23.1. The zero-order valence-electron chi connectivity index (χ0n) is 19.1.